The average molecular weight is 357 g/mol. The average Bonchev–Trinajstić information content (AvgIpc) is 3.24. The number of rotatable bonds is 4. The Labute approximate surface area is 155 Å². The van der Waals surface area contributed by atoms with E-state index >= 15 is 0 Å². The molecule has 0 fully saturated rings. The zero-order chi connectivity index (χ0) is 18.6. The quantitative estimate of drug-likeness (QED) is 0.342. The van der Waals surface area contributed by atoms with Crippen molar-refractivity contribution in [2.24, 2.45) is 5.84 Å². The predicted molar refractivity (Wildman–Crippen MR) is 100 cm³/mol. The molecule has 2 heterocycles. The van der Waals surface area contributed by atoms with Crippen LogP contribution >= 0.6 is 0 Å². The molecule has 2 N–H and O–H groups in total. The molecule has 0 aliphatic heterocycles. The molecule has 0 radical (unpaired) electrons. The number of pyridine rings is 1. The number of amides is 1. The van der Waals surface area contributed by atoms with Crippen LogP contribution in [-0.4, -0.2) is 21.0 Å². The number of carbonyl (C=O) groups excluding carboxylic acids is 1. The smallest absolute Gasteiger partial charge is 0.272 e. The molecule has 0 atom stereocenters. The summed E-state index contributed by atoms with van der Waals surface area (Å²) in [6.45, 7) is 0. The van der Waals surface area contributed by atoms with E-state index in [0.29, 0.717) is 34.2 Å². The van der Waals surface area contributed by atoms with Crippen LogP contribution in [0.15, 0.2) is 83.5 Å². The number of hydrogen-bond donors (Lipinski definition) is 1. The molecular weight excluding hydrogens is 342 g/mol. The third kappa shape index (κ3) is 3.44. The van der Waals surface area contributed by atoms with E-state index in [4.69, 9.17) is 10.4 Å². The number of anilines is 1. The first-order valence-electron chi connectivity index (χ1n) is 8.22. The van der Waals surface area contributed by atoms with Gasteiger partial charge in [-0.2, -0.15) is 4.98 Å². The van der Waals surface area contributed by atoms with Crippen molar-refractivity contribution < 1.29 is 9.32 Å². The van der Waals surface area contributed by atoms with Crippen molar-refractivity contribution in [3.63, 3.8) is 0 Å². The molecular formula is C20H15N5O2. The summed E-state index contributed by atoms with van der Waals surface area (Å²) in [7, 11) is 0. The largest absolute Gasteiger partial charge is 0.334 e. The van der Waals surface area contributed by atoms with E-state index in [2.05, 4.69) is 15.1 Å². The molecule has 0 unspecified atom stereocenters. The van der Waals surface area contributed by atoms with Gasteiger partial charge in [-0.1, -0.05) is 29.4 Å². The highest BCUT2D eigenvalue weighted by Gasteiger charge is 2.15. The van der Waals surface area contributed by atoms with E-state index in [1.165, 1.54) is 0 Å². The van der Waals surface area contributed by atoms with E-state index in [0.717, 1.165) is 5.01 Å². The molecule has 4 rings (SSSR count). The normalized spacial score (nSPS) is 10.6. The molecule has 7 heteroatoms. The summed E-state index contributed by atoms with van der Waals surface area (Å²) in [4.78, 5) is 21.0. The maximum absolute atomic E-state index is 12.4. The molecule has 0 aliphatic carbocycles. The summed E-state index contributed by atoms with van der Waals surface area (Å²) in [6, 6.07) is 21.3. The van der Waals surface area contributed by atoms with E-state index < -0.39 is 0 Å². The van der Waals surface area contributed by atoms with Crippen molar-refractivity contribution in [1.82, 2.24) is 15.1 Å². The van der Waals surface area contributed by atoms with Gasteiger partial charge in [-0.25, -0.2) is 10.9 Å². The lowest BCUT2D eigenvalue weighted by Crippen LogP contribution is -2.37. The molecule has 7 nitrogen and oxygen atoms in total. The van der Waals surface area contributed by atoms with Crippen LogP contribution in [0, 0.1) is 0 Å². The van der Waals surface area contributed by atoms with Gasteiger partial charge in [0.15, 0.2) is 0 Å². The molecule has 0 spiro atoms. The Morgan fingerprint density at radius 2 is 1.67 bits per heavy atom. The minimum absolute atomic E-state index is 0.293. The first-order valence-corrected chi connectivity index (χ1v) is 8.22. The fourth-order valence-electron chi connectivity index (χ4n) is 2.54. The summed E-state index contributed by atoms with van der Waals surface area (Å²) >= 11 is 0. The Hall–Kier alpha value is -3.84. The number of hydrogen-bond acceptors (Lipinski definition) is 6. The van der Waals surface area contributed by atoms with E-state index in [9.17, 15) is 4.79 Å². The Morgan fingerprint density at radius 1 is 0.926 bits per heavy atom. The molecule has 2 aromatic carbocycles. The highest BCUT2D eigenvalue weighted by molar-refractivity contribution is 6.05. The van der Waals surface area contributed by atoms with Crippen LogP contribution in [0.5, 0.6) is 0 Å². The van der Waals surface area contributed by atoms with Gasteiger partial charge in [0.1, 0.15) is 5.69 Å². The Bertz CT molecular complexity index is 1050. The van der Waals surface area contributed by atoms with Crippen molar-refractivity contribution in [3.05, 3.63) is 84.6 Å². The van der Waals surface area contributed by atoms with Gasteiger partial charge in [0.05, 0.1) is 5.69 Å². The highest BCUT2D eigenvalue weighted by Crippen LogP contribution is 2.23. The molecule has 0 bridgehead atoms. The molecule has 0 aliphatic rings. The van der Waals surface area contributed by atoms with Crippen LogP contribution in [0.3, 0.4) is 0 Å². The van der Waals surface area contributed by atoms with Gasteiger partial charge < -0.3 is 4.52 Å². The highest BCUT2D eigenvalue weighted by atomic mass is 16.5. The second kappa shape index (κ2) is 7.19. The summed E-state index contributed by atoms with van der Waals surface area (Å²) in [5.74, 6) is 6.44. The number of benzene rings is 2. The standard InChI is InChI=1S/C20H15N5O2/c21-25(20(26)15-6-2-1-3-7-15)16-11-9-14(10-12-16)19-23-18(24-27-19)17-8-4-5-13-22-17/h1-13H,21H2. The van der Waals surface area contributed by atoms with Gasteiger partial charge >= 0.3 is 0 Å². The van der Waals surface area contributed by atoms with Crippen LogP contribution in [0.25, 0.3) is 23.0 Å². The lowest BCUT2D eigenvalue weighted by molar-refractivity contribution is 0.0987. The number of hydrazine groups is 1. The van der Waals surface area contributed by atoms with Gasteiger partial charge in [0.25, 0.3) is 11.8 Å². The number of carbonyl (C=O) groups is 1. The molecule has 1 amide bonds. The SMILES string of the molecule is NN(C(=O)c1ccccc1)c1ccc(-c2nc(-c3ccccn3)no2)cc1. The summed E-state index contributed by atoms with van der Waals surface area (Å²) < 4.78 is 5.31. The molecule has 0 saturated carbocycles. The van der Waals surface area contributed by atoms with Gasteiger partial charge in [0.2, 0.25) is 5.82 Å². The minimum atomic E-state index is -0.293. The summed E-state index contributed by atoms with van der Waals surface area (Å²) in [5, 5.41) is 5.05. The van der Waals surface area contributed by atoms with Gasteiger partial charge in [-0.15, -0.1) is 0 Å². The monoisotopic (exact) mass is 357 g/mol. The van der Waals surface area contributed by atoms with Crippen molar-refractivity contribution in [3.8, 4) is 23.0 Å². The van der Waals surface area contributed by atoms with Gasteiger partial charge in [-0.05, 0) is 48.5 Å². The van der Waals surface area contributed by atoms with Crippen LogP contribution in [0.1, 0.15) is 10.4 Å². The Balaban J connectivity index is 1.54. The Kier molecular flexibility index (Phi) is 4.42. The third-order valence-corrected chi connectivity index (χ3v) is 3.95. The number of nitrogens with zero attached hydrogens (tertiary/aromatic N) is 4. The fraction of sp³-hybridized carbons (Fsp3) is 0. The molecule has 0 saturated heterocycles. The maximum atomic E-state index is 12.4. The first kappa shape index (κ1) is 16.6. The zero-order valence-corrected chi connectivity index (χ0v) is 14.2. The summed E-state index contributed by atoms with van der Waals surface area (Å²) in [6.07, 6.45) is 1.67. The number of aromatic nitrogens is 3. The lowest BCUT2D eigenvalue weighted by atomic mass is 10.1. The van der Waals surface area contributed by atoms with Crippen LogP contribution in [0.2, 0.25) is 0 Å². The summed E-state index contributed by atoms with van der Waals surface area (Å²) in [5.41, 5.74) is 2.41. The van der Waals surface area contributed by atoms with Crippen LogP contribution in [-0.2, 0) is 0 Å². The zero-order valence-electron chi connectivity index (χ0n) is 14.2. The van der Waals surface area contributed by atoms with E-state index in [-0.39, 0.29) is 5.91 Å². The lowest BCUT2D eigenvalue weighted by Gasteiger charge is -2.16. The second-order valence-electron chi connectivity index (χ2n) is 5.73. The molecule has 2 aromatic heterocycles. The second-order valence-corrected chi connectivity index (χ2v) is 5.73. The molecule has 132 valence electrons. The van der Waals surface area contributed by atoms with Gasteiger partial charge in [0, 0.05) is 17.3 Å². The van der Waals surface area contributed by atoms with Crippen LogP contribution < -0.4 is 10.9 Å². The predicted octanol–water partition coefficient (Wildman–Crippen LogP) is 3.32. The molecule has 4 aromatic rings. The topological polar surface area (TPSA) is 98.1 Å². The minimum Gasteiger partial charge on any atom is -0.334 e. The van der Waals surface area contributed by atoms with Crippen LogP contribution in [0.4, 0.5) is 5.69 Å². The first-order chi connectivity index (χ1) is 13.2. The number of nitrogens with two attached hydrogens (primary N) is 1. The van der Waals surface area contributed by atoms with E-state index in [1.807, 2.05) is 18.2 Å². The fourth-order valence-corrected chi connectivity index (χ4v) is 2.54. The molecule has 27 heavy (non-hydrogen) atoms. The Morgan fingerprint density at radius 3 is 2.37 bits per heavy atom. The van der Waals surface area contributed by atoms with Crippen molar-refractivity contribution in [1.29, 1.82) is 0 Å². The maximum Gasteiger partial charge on any atom is 0.272 e. The van der Waals surface area contributed by atoms with Crippen molar-refractivity contribution in [2.45, 2.75) is 0 Å². The third-order valence-electron chi connectivity index (χ3n) is 3.95. The van der Waals surface area contributed by atoms with Crippen molar-refractivity contribution >= 4 is 11.6 Å². The van der Waals surface area contributed by atoms with E-state index in [1.54, 1.807) is 60.8 Å². The van der Waals surface area contributed by atoms with Crippen molar-refractivity contribution in [2.75, 3.05) is 5.01 Å². The van der Waals surface area contributed by atoms with Gasteiger partial charge in [-0.3, -0.25) is 9.78 Å².